The summed E-state index contributed by atoms with van der Waals surface area (Å²) in [5, 5.41) is 11.2. The summed E-state index contributed by atoms with van der Waals surface area (Å²) in [6.45, 7) is 7.28. The van der Waals surface area contributed by atoms with E-state index in [1.807, 2.05) is 0 Å². The van der Waals surface area contributed by atoms with E-state index in [2.05, 4.69) is 20.5 Å². The average molecular weight is 521 g/mol. The van der Waals surface area contributed by atoms with E-state index in [0.717, 1.165) is 4.68 Å². The maximum atomic E-state index is 12.9. The molecule has 36 heavy (non-hydrogen) atoms. The van der Waals surface area contributed by atoms with E-state index < -0.39 is 17.6 Å². The molecule has 194 valence electrons. The van der Waals surface area contributed by atoms with E-state index in [-0.39, 0.29) is 52.7 Å². The molecule has 13 nitrogen and oxygen atoms in total. The molecule has 0 aromatic carbocycles. The summed E-state index contributed by atoms with van der Waals surface area (Å²) < 4.78 is 13.5. The Morgan fingerprint density at radius 1 is 1.31 bits per heavy atom. The number of nitrogen functional groups attached to an aromatic ring is 1. The number of carbonyl (C=O) groups excluding carboxylic acids is 2. The van der Waals surface area contributed by atoms with Crippen molar-refractivity contribution in [3.8, 4) is 0 Å². The van der Waals surface area contributed by atoms with Gasteiger partial charge in [-0.05, 0) is 33.8 Å². The van der Waals surface area contributed by atoms with Gasteiger partial charge in [-0.1, -0.05) is 11.6 Å². The van der Waals surface area contributed by atoms with Crippen LogP contribution in [0.4, 0.5) is 16.3 Å². The number of nitrogens with two attached hydrogens (primary N) is 1. The van der Waals surface area contributed by atoms with Gasteiger partial charge >= 0.3 is 6.09 Å². The molecule has 3 aromatic rings. The number of aromatic nitrogens is 5. The molecule has 0 saturated carbocycles. The highest BCUT2D eigenvalue weighted by Crippen LogP contribution is 2.23. The Bertz CT molecular complexity index is 1320. The first-order chi connectivity index (χ1) is 16.8. The number of aryl methyl sites for hydroxylation is 1. The van der Waals surface area contributed by atoms with Crippen LogP contribution in [-0.2, 0) is 23.1 Å². The zero-order valence-corrected chi connectivity index (χ0v) is 21.7. The first kappa shape index (κ1) is 26.9. The highest BCUT2D eigenvalue weighted by atomic mass is 35.5. The highest BCUT2D eigenvalue weighted by molar-refractivity contribution is 6.30. The summed E-state index contributed by atoms with van der Waals surface area (Å²) in [5.41, 5.74) is 5.46. The molecular weight excluding hydrogens is 492 g/mol. The van der Waals surface area contributed by atoms with E-state index in [9.17, 15) is 14.4 Å². The molecule has 3 N–H and O–H groups in total. The number of hydrogen-bond acceptors (Lipinski definition) is 9. The van der Waals surface area contributed by atoms with Crippen molar-refractivity contribution < 1.29 is 19.1 Å². The van der Waals surface area contributed by atoms with Gasteiger partial charge < -0.3 is 20.5 Å². The summed E-state index contributed by atoms with van der Waals surface area (Å²) in [7, 11) is 3.01. The van der Waals surface area contributed by atoms with Crippen LogP contribution in [0.25, 0.3) is 5.65 Å². The fourth-order valence-electron chi connectivity index (χ4n) is 3.19. The lowest BCUT2D eigenvalue weighted by atomic mass is 10.2. The van der Waals surface area contributed by atoms with Crippen LogP contribution in [0.5, 0.6) is 0 Å². The van der Waals surface area contributed by atoms with Gasteiger partial charge in [0.25, 0.3) is 11.5 Å². The van der Waals surface area contributed by atoms with Crippen molar-refractivity contribution in [2.24, 2.45) is 7.05 Å². The third-order valence-corrected chi connectivity index (χ3v) is 5.01. The van der Waals surface area contributed by atoms with Crippen LogP contribution in [0.15, 0.2) is 23.1 Å². The lowest BCUT2D eigenvalue weighted by Crippen LogP contribution is -2.36. The molecule has 3 rings (SSSR count). The van der Waals surface area contributed by atoms with Crippen LogP contribution >= 0.6 is 11.6 Å². The number of carbonyl (C=O) groups is 2. The molecule has 0 aliphatic heterocycles. The van der Waals surface area contributed by atoms with Gasteiger partial charge in [-0.15, -0.1) is 0 Å². The molecule has 0 bridgehead atoms. The van der Waals surface area contributed by atoms with Gasteiger partial charge in [0, 0.05) is 26.2 Å². The molecule has 0 unspecified atom stereocenters. The van der Waals surface area contributed by atoms with E-state index in [0.29, 0.717) is 5.69 Å². The molecule has 3 aromatic heterocycles. The Morgan fingerprint density at radius 3 is 2.64 bits per heavy atom. The van der Waals surface area contributed by atoms with Crippen LogP contribution < -0.4 is 21.5 Å². The van der Waals surface area contributed by atoms with Crippen molar-refractivity contribution in [3.05, 3.63) is 45.1 Å². The number of rotatable bonds is 7. The second kappa shape index (κ2) is 10.5. The number of hydrogen-bond donors (Lipinski definition) is 2. The van der Waals surface area contributed by atoms with Gasteiger partial charge in [-0.2, -0.15) is 14.7 Å². The Labute approximate surface area is 212 Å². The Kier molecular flexibility index (Phi) is 7.84. The fourth-order valence-corrected chi connectivity index (χ4v) is 3.37. The van der Waals surface area contributed by atoms with E-state index in [1.54, 1.807) is 27.7 Å². The number of ether oxygens (including phenoxy) is 2. The Hall–Kier alpha value is -3.71. The molecule has 0 spiro atoms. The average Bonchev–Trinajstić information content (AvgIpc) is 3.19. The topological polar surface area (TPSA) is 159 Å². The summed E-state index contributed by atoms with van der Waals surface area (Å²) >= 11 is 6.18. The number of nitrogens with zero attached hydrogens (tertiary/aromatic N) is 6. The maximum Gasteiger partial charge on any atom is 0.415 e. The van der Waals surface area contributed by atoms with Gasteiger partial charge in [0.2, 0.25) is 0 Å². The number of anilines is 2. The molecular formula is C22H29ClN8O5. The Morgan fingerprint density at radius 2 is 2.00 bits per heavy atom. The number of fused-ring (bicyclic) bond motifs is 1. The molecule has 2 amide bonds. The van der Waals surface area contributed by atoms with Crippen molar-refractivity contribution in [3.63, 3.8) is 0 Å². The summed E-state index contributed by atoms with van der Waals surface area (Å²) in [4.78, 5) is 42.5. The van der Waals surface area contributed by atoms with Gasteiger partial charge in [0.15, 0.2) is 5.65 Å². The van der Waals surface area contributed by atoms with E-state index in [1.165, 1.54) is 41.8 Å². The molecule has 0 fully saturated rings. The second-order valence-corrected chi connectivity index (χ2v) is 9.57. The van der Waals surface area contributed by atoms with Crippen molar-refractivity contribution in [2.75, 3.05) is 24.3 Å². The molecule has 0 aliphatic carbocycles. The molecule has 3 heterocycles. The number of halogens is 1. The minimum absolute atomic E-state index is 0.0721. The van der Waals surface area contributed by atoms with Crippen molar-refractivity contribution in [1.82, 2.24) is 29.7 Å². The van der Waals surface area contributed by atoms with Gasteiger partial charge in [-0.25, -0.2) is 14.5 Å². The predicted octanol–water partition coefficient (Wildman–Crippen LogP) is 1.76. The molecule has 14 heteroatoms. The smallest absolute Gasteiger partial charge is 0.415 e. The van der Waals surface area contributed by atoms with E-state index in [4.69, 9.17) is 26.8 Å². The SMILES string of the molecule is C[C@H](COCc1cc(N)c(=O)n(C)n1)NC(=O)c1cnn2c(N(C)C(=O)OC(C)(C)C)cc(Cl)nc12. The van der Waals surface area contributed by atoms with Gasteiger partial charge in [0.1, 0.15) is 27.8 Å². The van der Waals surface area contributed by atoms with Crippen LogP contribution in [-0.4, -0.2) is 61.7 Å². The third-order valence-electron chi connectivity index (χ3n) is 4.81. The van der Waals surface area contributed by atoms with Crippen molar-refractivity contribution >= 4 is 40.8 Å². The maximum absolute atomic E-state index is 12.9. The standard InChI is InChI=1S/C22H29ClN8O5/c1-12(10-35-11-13-7-15(24)20(33)30(6)28-13)26-19(32)14-9-25-31-17(8-16(23)27-18(14)31)29(5)21(34)36-22(2,3)4/h7-9,12H,10-11,24H2,1-6H3,(H,26,32)/t12-/m1/s1. The number of amides is 2. The van der Waals surface area contributed by atoms with Gasteiger partial charge in [0.05, 0.1) is 25.1 Å². The first-order valence-corrected chi connectivity index (χ1v) is 11.4. The fraction of sp³-hybridized carbons (Fsp3) is 0.455. The van der Waals surface area contributed by atoms with E-state index >= 15 is 0 Å². The second-order valence-electron chi connectivity index (χ2n) is 9.18. The monoisotopic (exact) mass is 520 g/mol. The molecule has 0 aliphatic rings. The lowest BCUT2D eigenvalue weighted by molar-refractivity contribution is 0.0587. The minimum Gasteiger partial charge on any atom is -0.443 e. The zero-order chi connectivity index (χ0) is 26.8. The van der Waals surface area contributed by atoms with Gasteiger partial charge in [-0.3, -0.25) is 14.5 Å². The van der Waals surface area contributed by atoms with Crippen LogP contribution in [0.1, 0.15) is 43.7 Å². The van der Waals surface area contributed by atoms with Crippen LogP contribution in [0, 0.1) is 0 Å². The van der Waals surface area contributed by atoms with Crippen molar-refractivity contribution in [1.29, 1.82) is 0 Å². The summed E-state index contributed by atoms with van der Waals surface area (Å²) in [5.74, 6) is -0.176. The van der Waals surface area contributed by atoms with Crippen molar-refractivity contribution in [2.45, 2.75) is 45.9 Å². The molecule has 1 atom stereocenters. The first-order valence-electron chi connectivity index (χ1n) is 11.0. The highest BCUT2D eigenvalue weighted by Gasteiger charge is 2.25. The summed E-state index contributed by atoms with van der Waals surface area (Å²) in [6.07, 6.45) is 0.721. The summed E-state index contributed by atoms with van der Waals surface area (Å²) in [6, 6.07) is 2.51. The number of nitrogens with one attached hydrogen (secondary N) is 1. The lowest BCUT2D eigenvalue weighted by Gasteiger charge is -2.24. The molecule has 0 saturated heterocycles. The largest absolute Gasteiger partial charge is 0.443 e. The van der Waals surface area contributed by atoms with Crippen LogP contribution in [0.2, 0.25) is 5.15 Å². The third kappa shape index (κ3) is 6.29. The minimum atomic E-state index is -0.700. The Balaban J connectivity index is 1.70. The zero-order valence-electron chi connectivity index (χ0n) is 20.9. The molecule has 0 radical (unpaired) electrons. The van der Waals surface area contributed by atoms with Crippen LogP contribution in [0.3, 0.4) is 0 Å². The normalized spacial score (nSPS) is 12.4. The quantitative estimate of drug-likeness (QED) is 0.442. The predicted molar refractivity (Wildman–Crippen MR) is 133 cm³/mol.